The molecule has 0 aliphatic rings. The van der Waals surface area contributed by atoms with Crippen molar-refractivity contribution in [3.8, 4) is 11.5 Å². The summed E-state index contributed by atoms with van der Waals surface area (Å²) in [7, 11) is 0. The third-order valence-electron chi connectivity index (χ3n) is 3.48. The Morgan fingerprint density at radius 2 is 1.62 bits per heavy atom. The van der Waals surface area contributed by atoms with E-state index in [1.165, 1.54) is 5.56 Å². The lowest BCUT2D eigenvalue weighted by Crippen LogP contribution is -2.28. The summed E-state index contributed by atoms with van der Waals surface area (Å²) in [6.45, 7) is 6.95. The van der Waals surface area contributed by atoms with E-state index in [1.807, 2.05) is 26.0 Å². The van der Waals surface area contributed by atoms with Gasteiger partial charge in [0.2, 0.25) is 0 Å². The Labute approximate surface area is 143 Å². The molecular weight excluding hydrogens is 302 g/mol. The summed E-state index contributed by atoms with van der Waals surface area (Å²) in [6.07, 6.45) is 1.13. The van der Waals surface area contributed by atoms with E-state index in [-0.39, 0.29) is 12.0 Å². The van der Waals surface area contributed by atoms with Gasteiger partial charge in [-0.2, -0.15) is 0 Å². The van der Waals surface area contributed by atoms with Gasteiger partial charge in [0.1, 0.15) is 18.1 Å². The second-order valence-corrected chi connectivity index (χ2v) is 5.79. The van der Waals surface area contributed by atoms with Crippen molar-refractivity contribution in [2.75, 3.05) is 13.2 Å². The number of rotatable bonds is 8. The average molecular weight is 327 g/mol. The van der Waals surface area contributed by atoms with Crippen LogP contribution in [-0.4, -0.2) is 25.2 Å². The molecule has 1 N–H and O–H groups in total. The Bertz CT molecular complexity index is 633. The highest BCUT2D eigenvalue weighted by molar-refractivity contribution is 5.94. The number of benzene rings is 2. The van der Waals surface area contributed by atoms with Gasteiger partial charge in [-0.25, -0.2) is 0 Å². The number of aryl methyl sites for hydroxylation is 1. The fourth-order valence-electron chi connectivity index (χ4n) is 2.21. The number of ether oxygens (including phenoxy) is 2. The average Bonchev–Trinajstić information content (AvgIpc) is 2.59. The molecule has 0 saturated heterocycles. The van der Waals surface area contributed by atoms with Crippen molar-refractivity contribution in [3.05, 3.63) is 59.7 Å². The molecule has 2 rings (SSSR count). The van der Waals surface area contributed by atoms with Gasteiger partial charge in [0.05, 0.1) is 12.6 Å². The molecule has 1 amide bonds. The van der Waals surface area contributed by atoms with Gasteiger partial charge >= 0.3 is 0 Å². The van der Waals surface area contributed by atoms with Gasteiger partial charge in [0.15, 0.2) is 0 Å². The Morgan fingerprint density at radius 1 is 1.00 bits per heavy atom. The first-order valence-electron chi connectivity index (χ1n) is 8.35. The summed E-state index contributed by atoms with van der Waals surface area (Å²) in [5.74, 6) is 1.47. The normalized spacial score (nSPS) is 10.5. The molecule has 128 valence electrons. The first kappa shape index (κ1) is 17.9. The molecule has 0 unspecified atom stereocenters. The van der Waals surface area contributed by atoms with Crippen LogP contribution in [-0.2, 0) is 6.42 Å². The van der Waals surface area contributed by atoms with Crippen molar-refractivity contribution in [2.24, 2.45) is 0 Å². The van der Waals surface area contributed by atoms with Crippen molar-refractivity contribution >= 4 is 5.91 Å². The van der Waals surface area contributed by atoms with Crippen LogP contribution in [0.1, 0.15) is 36.7 Å². The molecule has 0 fully saturated rings. The molecule has 0 atom stereocenters. The smallest absolute Gasteiger partial charge is 0.251 e. The minimum atomic E-state index is -0.115. The summed E-state index contributed by atoms with van der Waals surface area (Å²) in [5.41, 5.74) is 1.89. The van der Waals surface area contributed by atoms with Crippen LogP contribution in [0.25, 0.3) is 0 Å². The summed E-state index contributed by atoms with van der Waals surface area (Å²) in [6, 6.07) is 15.1. The molecule has 0 aromatic heterocycles. The van der Waals surface area contributed by atoms with E-state index in [0.717, 1.165) is 17.9 Å². The van der Waals surface area contributed by atoms with Crippen LogP contribution >= 0.6 is 0 Å². The number of carbonyl (C=O) groups excluding carboxylic acids is 1. The lowest BCUT2D eigenvalue weighted by atomic mass is 10.2. The fraction of sp³-hybridized carbons (Fsp3) is 0.350. The van der Waals surface area contributed by atoms with Gasteiger partial charge in [0, 0.05) is 5.56 Å². The molecule has 24 heavy (non-hydrogen) atoms. The van der Waals surface area contributed by atoms with E-state index in [4.69, 9.17) is 9.47 Å². The van der Waals surface area contributed by atoms with E-state index in [9.17, 15) is 4.79 Å². The van der Waals surface area contributed by atoms with Gasteiger partial charge in [-0.15, -0.1) is 0 Å². The quantitative estimate of drug-likeness (QED) is 0.749. The molecule has 0 spiro atoms. The molecule has 0 aliphatic heterocycles. The van der Waals surface area contributed by atoms with Crippen LogP contribution in [0.15, 0.2) is 48.5 Å². The second kappa shape index (κ2) is 8.96. The van der Waals surface area contributed by atoms with Crippen LogP contribution in [0.3, 0.4) is 0 Å². The predicted octanol–water partition coefficient (Wildman–Crippen LogP) is 3.85. The third-order valence-corrected chi connectivity index (χ3v) is 3.48. The van der Waals surface area contributed by atoms with Gasteiger partial charge in [-0.3, -0.25) is 4.79 Å². The zero-order chi connectivity index (χ0) is 17.4. The minimum absolute atomic E-state index is 0.115. The zero-order valence-corrected chi connectivity index (χ0v) is 14.5. The van der Waals surface area contributed by atoms with Crippen molar-refractivity contribution in [2.45, 2.75) is 33.3 Å². The molecular formula is C20H25NO3. The minimum Gasteiger partial charge on any atom is -0.492 e. The van der Waals surface area contributed by atoms with Crippen LogP contribution < -0.4 is 14.8 Å². The van der Waals surface area contributed by atoms with Crippen molar-refractivity contribution < 1.29 is 14.3 Å². The molecule has 4 heteroatoms. The van der Waals surface area contributed by atoms with Gasteiger partial charge in [-0.1, -0.05) is 19.1 Å². The molecule has 0 aliphatic carbocycles. The zero-order valence-electron chi connectivity index (χ0n) is 14.5. The Morgan fingerprint density at radius 3 is 2.21 bits per heavy atom. The van der Waals surface area contributed by atoms with Crippen LogP contribution in [0.4, 0.5) is 0 Å². The Kier molecular flexibility index (Phi) is 6.67. The van der Waals surface area contributed by atoms with Crippen LogP contribution in [0, 0.1) is 0 Å². The number of nitrogens with one attached hydrogen (secondary N) is 1. The Hall–Kier alpha value is -2.49. The highest BCUT2D eigenvalue weighted by atomic mass is 16.5. The largest absolute Gasteiger partial charge is 0.492 e. The number of hydrogen-bond acceptors (Lipinski definition) is 3. The highest BCUT2D eigenvalue weighted by Crippen LogP contribution is 2.14. The molecule has 0 heterocycles. The van der Waals surface area contributed by atoms with Crippen molar-refractivity contribution in [1.29, 1.82) is 0 Å². The summed E-state index contributed by atoms with van der Waals surface area (Å²) < 4.78 is 11.2. The van der Waals surface area contributed by atoms with E-state index in [2.05, 4.69) is 24.4 Å². The lowest BCUT2D eigenvalue weighted by Gasteiger charge is -2.11. The molecule has 0 radical (unpaired) electrons. The van der Waals surface area contributed by atoms with E-state index < -0.39 is 0 Å². The summed E-state index contributed by atoms with van der Waals surface area (Å²) >= 11 is 0. The van der Waals surface area contributed by atoms with Crippen molar-refractivity contribution in [3.63, 3.8) is 0 Å². The summed E-state index contributed by atoms with van der Waals surface area (Å²) in [4.78, 5) is 12.1. The second-order valence-electron chi connectivity index (χ2n) is 5.79. The highest BCUT2D eigenvalue weighted by Gasteiger charge is 2.06. The molecule has 0 saturated carbocycles. The maximum absolute atomic E-state index is 12.1. The Balaban J connectivity index is 1.74. The van der Waals surface area contributed by atoms with Crippen LogP contribution in [0.2, 0.25) is 0 Å². The van der Waals surface area contributed by atoms with E-state index in [1.54, 1.807) is 24.3 Å². The molecule has 2 aromatic carbocycles. The monoisotopic (exact) mass is 327 g/mol. The standard InChI is InChI=1S/C20H25NO3/c1-4-16-5-9-18(10-6-16)23-14-13-21-20(22)17-7-11-19(12-8-17)24-15(2)3/h5-12,15H,4,13-14H2,1-3H3,(H,21,22). The fourth-order valence-corrected chi connectivity index (χ4v) is 2.21. The van der Waals surface area contributed by atoms with Gasteiger partial charge < -0.3 is 14.8 Å². The molecule has 2 aromatic rings. The maximum atomic E-state index is 12.1. The van der Waals surface area contributed by atoms with Gasteiger partial charge in [-0.05, 0) is 62.2 Å². The topological polar surface area (TPSA) is 47.6 Å². The third kappa shape index (κ3) is 5.61. The number of amides is 1. The van der Waals surface area contributed by atoms with E-state index in [0.29, 0.717) is 18.7 Å². The molecule has 4 nitrogen and oxygen atoms in total. The number of carbonyl (C=O) groups is 1. The molecule has 0 bridgehead atoms. The first-order chi connectivity index (χ1) is 11.6. The first-order valence-corrected chi connectivity index (χ1v) is 8.35. The maximum Gasteiger partial charge on any atom is 0.251 e. The van der Waals surface area contributed by atoms with Gasteiger partial charge in [0.25, 0.3) is 5.91 Å². The van der Waals surface area contributed by atoms with Crippen molar-refractivity contribution in [1.82, 2.24) is 5.32 Å². The lowest BCUT2D eigenvalue weighted by molar-refractivity contribution is 0.0947. The number of hydrogen-bond donors (Lipinski definition) is 1. The predicted molar refractivity (Wildman–Crippen MR) is 95.9 cm³/mol. The summed E-state index contributed by atoms with van der Waals surface area (Å²) in [5, 5.41) is 2.85. The van der Waals surface area contributed by atoms with E-state index >= 15 is 0 Å². The SMILES string of the molecule is CCc1ccc(OCCNC(=O)c2ccc(OC(C)C)cc2)cc1. The van der Waals surface area contributed by atoms with Crippen LogP contribution in [0.5, 0.6) is 11.5 Å².